The number of carbonyl (C=O) groups is 4. The van der Waals surface area contributed by atoms with Gasteiger partial charge in [0.25, 0.3) is 0 Å². The zero-order valence-electron chi connectivity index (χ0n) is 27.6. The summed E-state index contributed by atoms with van der Waals surface area (Å²) >= 11 is 0. The van der Waals surface area contributed by atoms with Crippen LogP contribution >= 0.6 is 0 Å². The summed E-state index contributed by atoms with van der Waals surface area (Å²) < 4.78 is 0. The van der Waals surface area contributed by atoms with Crippen LogP contribution in [0.1, 0.15) is 97.4 Å². The number of aromatic amines is 2. The molecule has 0 aliphatic carbocycles. The van der Waals surface area contributed by atoms with Crippen molar-refractivity contribution in [2.45, 2.75) is 79.1 Å². The van der Waals surface area contributed by atoms with E-state index in [-0.39, 0.29) is 72.4 Å². The summed E-state index contributed by atoms with van der Waals surface area (Å²) in [6.07, 6.45) is 0.606. The summed E-state index contributed by atoms with van der Waals surface area (Å²) in [4.78, 5) is 63.1. The van der Waals surface area contributed by atoms with Crippen LogP contribution in [0.4, 0.5) is 0 Å². The number of hydrogen-bond donors (Lipinski definition) is 6. The maximum Gasteiger partial charge on any atom is 2.00 e. The average molecular weight is 850 g/mol. The maximum absolute atomic E-state index is 11.6. The van der Waals surface area contributed by atoms with Gasteiger partial charge < -0.3 is 30.4 Å². The minimum atomic E-state index is -0.944. The van der Waals surface area contributed by atoms with Crippen molar-refractivity contribution >= 4 is 68.2 Å². The van der Waals surface area contributed by atoms with Gasteiger partial charge in [-0.25, -0.2) is 9.97 Å². The van der Waals surface area contributed by atoms with Crippen molar-refractivity contribution in [1.82, 2.24) is 19.9 Å². The molecule has 0 saturated heterocycles. The summed E-state index contributed by atoms with van der Waals surface area (Å²) in [6, 6.07) is 7.40. The molecule has 0 atom stereocenters. The Morgan fingerprint density at radius 2 is 0.857 bits per heavy atom. The zero-order valence-corrected chi connectivity index (χ0v) is 29.9. The Morgan fingerprint density at radius 3 is 1.31 bits per heavy atom. The Labute approximate surface area is 296 Å². The molecule has 0 spiro atoms. The van der Waals surface area contributed by atoms with Gasteiger partial charge in [0.15, 0.2) is 0 Å². The largest absolute Gasteiger partial charge is 2.00 e. The number of aromatic nitrogens is 4. The molecule has 0 radical (unpaired) electrons. The first-order valence-electron chi connectivity index (χ1n) is 15.7. The van der Waals surface area contributed by atoms with Crippen LogP contribution in [-0.2, 0) is 53.1 Å². The molecule has 3 aromatic heterocycles. The van der Waals surface area contributed by atoms with Crippen molar-refractivity contribution < 1.29 is 60.7 Å². The summed E-state index contributed by atoms with van der Waals surface area (Å²) in [7, 11) is 0. The van der Waals surface area contributed by atoms with E-state index < -0.39 is 23.9 Å². The molecule has 13 heteroatoms. The first-order chi connectivity index (χ1) is 22.7. The van der Waals surface area contributed by atoms with E-state index in [0.717, 1.165) is 44.5 Å². The molecule has 12 nitrogen and oxygen atoms in total. The van der Waals surface area contributed by atoms with Gasteiger partial charge in [-0.3, -0.25) is 19.2 Å². The Kier molecular flexibility index (Phi) is 11.4. The number of carboxylic acid groups (broad SMARTS) is 4. The summed E-state index contributed by atoms with van der Waals surface area (Å²) in [5.41, 5.74) is 11.4. The minimum absolute atomic E-state index is 0. The third-order valence-electron chi connectivity index (χ3n) is 9.16. The predicted octanol–water partition coefficient (Wildman–Crippen LogP) is 6.55. The average Bonchev–Trinajstić information content (AvgIpc) is 3.66. The van der Waals surface area contributed by atoms with Gasteiger partial charge in [-0.1, -0.05) is 0 Å². The molecule has 0 aromatic carbocycles. The van der Waals surface area contributed by atoms with Crippen molar-refractivity contribution in [3.8, 4) is 0 Å². The SMILES string of the molecule is CC1=C(CCC(=O)O)c2cc3nc(cc4[nH]c(cc5[nH]c(cc1n2)c(CCC(=O)O)c5C)c(CCC(=O)O)c4C)C(CCC(=O)O)=C3C.[Pt+2]. The van der Waals surface area contributed by atoms with E-state index in [2.05, 4.69) is 9.97 Å². The minimum Gasteiger partial charge on any atom is -0.481 e. The van der Waals surface area contributed by atoms with Crippen LogP contribution in [0, 0.1) is 13.8 Å². The molecule has 2 aliphatic heterocycles. The van der Waals surface area contributed by atoms with Crippen molar-refractivity contribution in [3.63, 3.8) is 0 Å². The van der Waals surface area contributed by atoms with Crippen LogP contribution in [0.15, 0.2) is 24.3 Å². The van der Waals surface area contributed by atoms with E-state index in [4.69, 9.17) is 9.97 Å². The Bertz CT molecular complexity index is 2100. The van der Waals surface area contributed by atoms with Crippen molar-refractivity contribution in [1.29, 1.82) is 0 Å². The number of fused-ring (bicyclic) bond motifs is 8. The molecule has 5 heterocycles. The molecule has 0 unspecified atom stereocenters. The maximum atomic E-state index is 11.6. The van der Waals surface area contributed by atoms with Gasteiger partial charge in [0, 0.05) is 47.8 Å². The first kappa shape index (κ1) is 37.0. The van der Waals surface area contributed by atoms with Crippen LogP contribution in [0.5, 0.6) is 0 Å². The van der Waals surface area contributed by atoms with Crippen LogP contribution in [0.3, 0.4) is 0 Å². The number of nitrogens with one attached hydrogen (secondary N) is 2. The molecular formula is C36H38N4O8Pt+2. The fourth-order valence-electron chi connectivity index (χ4n) is 6.42. The third kappa shape index (κ3) is 8.08. The Hall–Kier alpha value is -4.83. The number of H-pyrrole nitrogens is 2. The van der Waals surface area contributed by atoms with E-state index in [1.54, 1.807) is 6.07 Å². The first-order valence-corrected chi connectivity index (χ1v) is 15.7. The molecule has 6 N–H and O–H groups in total. The number of allylic oxidation sites excluding steroid dienone is 4. The number of hydrogen-bond acceptors (Lipinski definition) is 6. The molecule has 3 aromatic rings. The molecule has 258 valence electrons. The predicted molar refractivity (Wildman–Crippen MR) is 181 cm³/mol. The molecular weight excluding hydrogens is 811 g/mol. The fourth-order valence-corrected chi connectivity index (χ4v) is 6.42. The van der Waals surface area contributed by atoms with Crippen LogP contribution in [0.25, 0.3) is 44.4 Å². The topological polar surface area (TPSA) is 207 Å². The molecule has 8 bridgehead atoms. The number of nitrogens with zero attached hydrogens (tertiary/aromatic N) is 2. The van der Waals surface area contributed by atoms with E-state index >= 15 is 0 Å². The second-order valence-electron chi connectivity index (χ2n) is 12.2. The van der Waals surface area contributed by atoms with Gasteiger partial charge in [-0.05, 0) is 122 Å². The van der Waals surface area contributed by atoms with Crippen LogP contribution < -0.4 is 0 Å². The van der Waals surface area contributed by atoms with Crippen molar-refractivity contribution in [2.24, 2.45) is 0 Å². The van der Waals surface area contributed by atoms with Crippen molar-refractivity contribution in [3.05, 3.63) is 69.3 Å². The van der Waals surface area contributed by atoms with Gasteiger partial charge in [0.1, 0.15) is 0 Å². The van der Waals surface area contributed by atoms with E-state index in [1.165, 1.54) is 0 Å². The Balaban J connectivity index is 0.00000541. The van der Waals surface area contributed by atoms with Gasteiger partial charge in [0.2, 0.25) is 0 Å². The summed E-state index contributed by atoms with van der Waals surface area (Å²) in [5.74, 6) is -3.75. The van der Waals surface area contributed by atoms with E-state index in [1.807, 2.05) is 45.9 Å². The summed E-state index contributed by atoms with van der Waals surface area (Å²) in [5, 5.41) is 38.0. The van der Waals surface area contributed by atoms with Gasteiger partial charge in [0.05, 0.1) is 22.8 Å². The second kappa shape index (κ2) is 15.2. The number of rotatable bonds is 12. The quantitative estimate of drug-likeness (QED) is 0.116. The molecule has 0 fully saturated rings. The Morgan fingerprint density at radius 1 is 0.510 bits per heavy atom. The normalized spacial score (nSPS) is 12.7. The van der Waals surface area contributed by atoms with Crippen molar-refractivity contribution in [2.75, 3.05) is 0 Å². The van der Waals surface area contributed by atoms with Crippen LogP contribution in [-0.4, -0.2) is 64.2 Å². The molecule has 2 aliphatic rings. The third-order valence-corrected chi connectivity index (χ3v) is 9.16. The zero-order chi connectivity index (χ0) is 34.9. The molecule has 5 rings (SSSR count). The number of aliphatic carboxylic acids is 4. The fraction of sp³-hybridized carbons (Fsp3) is 0.333. The standard InChI is InChI=1S/C36H38N4O8.Pt/c1-17-21(5-9-33(41)42)29-14-26-19(3)23(7-11-35(45)46)31(39-26)16-28-20(4)24(8-12-36(47)48)32(40-28)15-27-18(2)22(6-10-34(43)44)30(38-27)13-25(17)37-29;/h13-16,37-38H,5-12H2,1-4H3,(H,41,42)(H,43,44)(H,45,46)(H,47,48);/q;+2. The number of aryl methyl sites for hydroxylation is 4. The van der Waals surface area contributed by atoms with Gasteiger partial charge in [-0.2, -0.15) is 0 Å². The smallest absolute Gasteiger partial charge is 0.481 e. The van der Waals surface area contributed by atoms with Crippen LogP contribution in [0.2, 0.25) is 0 Å². The monoisotopic (exact) mass is 849 g/mol. The number of carboxylic acids is 4. The summed E-state index contributed by atoms with van der Waals surface area (Å²) in [6.45, 7) is 7.55. The van der Waals surface area contributed by atoms with E-state index in [9.17, 15) is 39.6 Å². The van der Waals surface area contributed by atoms with Gasteiger partial charge >= 0.3 is 44.9 Å². The molecule has 0 amide bonds. The molecule has 0 saturated carbocycles. The molecule has 49 heavy (non-hydrogen) atoms. The second-order valence-corrected chi connectivity index (χ2v) is 12.2. The van der Waals surface area contributed by atoms with Gasteiger partial charge in [-0.15, -0.1) is 0 Å². The van der Waals surface area contributed by atoms with E-state index in [0.29, 0.717) is 44.8 Å².